The summed E-state index contributed by atoms with van der Waals surface area (Å²) in [5, 5.41) is 1.85. The molecule has 164 valence electrons. The first-order valence-electron chi connectivity index (χ1n) is 10.1. The Hall–Kier alpha value is -3.45. The number of para-hydroxylation sites is 1. The van der Waals surface area contributed by atoms with E-state index in [9.17, 15) is 13.0 Å². The van der Waals surface area contributed by atoms with Gasteiger partial charge in [-0.3, -0.25) is 4.55 Å². The largest absolute Gasteiger partial charge is 0.456 e. The Kier molecular flexibility index (Phi) is 5.29. The lowest BCUT2D eigenvalue weighted by molar-refractivity contribution is 0.483. The number of benzene rings is 4. The molecule has 0 spiro atoms. The Bertz CT molecular complexity index is 1670. The first kappa shape index (κ1) is 21.4. The van der Waals surface area contributed by atoms with Crippen LogP contribution in [0.25, 0.3) is 33.4 Å². The quantitative estimate of drug-likeness (QED) is 0.234. The summed E-state index contributed by atoms with van der Waals surface area (Å²) in [6.45, 7) is 1.99. The SMILES string of the molecule is Cc1ccccc1N=c1ccc2c(-c3ccccc3S(=O)(=O)O)c3ccc(Cl)cc3oc-2c1. The zero-order valence-electron chi connectivity index (χ0n) is 17.5. The highest BCUT2D eigenvalue weighted by molar-refractivity contribution is 7.86. The molecule has 0 atom stereocenters. The summed E-state index contributed by atoms with van der Waals surface area (Å²) in [5.74, 6) is 0.514. The van der Waals surface area contributed by atoms with Gasteiger partial charge in [-0.25, -0.2) is 4.99 Å². The second-order valence-electron chi connectivity index (χ2n) is 7.67. The molecule has 0 saturated heterocycles. The molecule has 1 aliphatic heterocycles. The molecule has 0 aromatic heterocycles. The fourth-order valence-electron chi connectivity index (χ4n) is 3.94. The molecule has 0 radical (unpaired) electrons. The molecule has 33 heavy (non-hydrogen) atoms. The molecule has 2 aliphatic rings. The van der Waals surface area contributed by atoms with Crippen LogP contribution < -0.4 is 5.36 Å². The van der Waals surface area contributed by atoms with E-state index in [1.807, 2.05) is 49.4 Å². The average molecular weight is 476 g/mol. The molecular weight excluding hydrogens is 458 g/mol. The zero-order chi connectivity index (χ0) is 23.2. The third-order valence-electron chi connectivity index (χ3n) is 5.47. The predicted octanol–water partition coefficient (Wildman–Crippen LogP) is 6.65. The number of aryl methyl sites for hydroxylation is 1. The Morgan fingerprint density at radius 3 is 2.42 bits per heavy atom. The van der Waals surface area contributed by atoms with E-state index in [0.29, 0.717) is 43.8 Å². The maximum absolute atomic E-state index is 12.1. The Morgan fingerprint density at radius 2 is 1.64 bits per heavy atom. The predicted molar refractivity (Wildman–Crippen MR) is 129 cm³/mol. The van der Waals surface area contributed by atoms with Crippen LogP contribution in [0.1, 0.15) is 5.56 Å². The zero-order valence-corrected chi connectivity index (χ0v) is 19.1. The van der Waals surface area contributed by atoms with E-state index < -0.39 is 10.1 Å². The van der Waals surface area contributed by atoms with E-state index in [4.69, 9.17) is 21.0 Å². The number of nitrogens with zero attached hydrogens (tertiary/aromatic N) is 1. The summed E-state index contributed by atoms with van der Waals surface area (Å²) in [5.41, 5.74) is 4.06. The van der Waals surface area contributed by atoms with E-state index in [1.54, 1.807) is 36.4 Å². The maximum Gasteiger partial charge on any atom is 0.295 e. The molecule has 5 rings (SSSR count). The third kappa shape index (κ3) is 4.04. The van der Waals surface area contributed by atoms with Crippen LogP contribution in [-0.2, 0) is 10.1 Å². The molecule has 1 N–H and O–H groups in total. The molecule has 3 aromatic carbocycles. The number of fused-ring (bicyclic) bond motifs is 2. The van der Waals surface area contributed by atoms with E-state index in [-0.39, 0.29) is 4.90 Å². The maximum atomic E-state index is 12.1. The van der Waals surface area contributed by atoms with Crippen molar-refractivity contribution in [1.82, 2.24) is 0 Å². The Labute approximate surface area is 195 Å². The summed E-state index contributed by atoms with van der Waals surface area (Å²) < 4.78 is 40.3. The second kappa shape index (κ2) is 8.15. The van der Waals surface area contributed by atoms with Gasteiger partial charge in [0.15, 0.2) is 0 Å². The standard InChI is InChI=1S/C26H18ClNO4S/c1-16-6-2-4-8-22(16)28-18-11-13-20-24(15-18)32-23-14-17(27)10-12-19(23)26(20)21-7-3-5-9-25(21)33(29,30)31/h2-15H,1H3,(H,29,30,31). The van der Waals surface area contributed by atoms with Crippen molar-refractivity contribution < 1.29 is 17.4 Å². The van der Waals surface area contributed by atoms with Gasteiger partial charge < -0.3 is 4.42 Å². The van der Waals surface area contributed by atoms with Crippen molar-refractivity contribution in [3.05, 3.63) is 101 Å². The van der Waals surface area contributed by atoms with E-state index in [0.717, 1.165) is 11.3 Å². The van der Waals surface area contributed by atoms with Gasteiger partial charge in [-0.1, -0.05) is 48.0 Å². The first-order chi connectivity index (χ1) is 15.8. The van der Waals surface area contributed by atoms with E-state index >= 15 is 0 Å². The lowest BCUT2D eigenvalue weighted by Gasteiger charge is -2.17. The molecule has 0 unspecified atom stereocenters. The van der Waals surface area contributed by atoms with Crippen LogP contribution in [0.3, 0.4) is 0 Å². The molecule has 7 heteroatoms. The van der Waals surface area contributed by atoms with Gasteiger partial charge in [0.25, 0.3) is 10.1 Å². The molecule has 0 bridgehead atoms. The number of rotatable bonds is 3. The van der Waals surface area contributed by atoms with Crippen molar-refractivity contribution in [2.75, 3.05) is 0 Å². The lowest BCUT2D eigenvalue weighted by Crippen LogP contribution is -2.04. The van der Waals surface area contributed by atoms with Crippen molar-refractivity contribution >= 4 is 38.4 Å². The van der Waals surface area contributed by atoms with Crippen LogP contribution in [0, 0.1) is 6.92 Å². The second-order valence-corrected chi connectivity index (χ2v) is 9.49. The van der Waals surface area contributed by atoms with Crippen LogP contribution in [0.15, 0.2) is 99.2 Å². The molecule has 3 aromatic rings. The van der Waals surface area contributed by atoms with E-state index in [2.05, 4.69) is 0 Å². The number of hydrogen-bond donors (Lipinski definition) is 1. The molecule has 5 nitrogen and oxygen atoms in total. The van der Waals surface area contributed by atoms with Crippen molar-refractivity contribution in [1.29, 1.82) is 0 Å². The average Bonchev–Trinajstić information content (AvgIpc) is 2.78. The summed E-state index contributed by atoms with van der Waals surface area (Å²) in [6, 6.07) is 24.8. The van der Waals surface area contributed by atoms with Crippen molar-refractivity contribution in [3.8, 4) is 22.5 Å². The van der Waals surface area contributed by atoms with Crippen LogP contribution in [0.2, 0.25) is 5.02 Å². The van der Waals surface area contributed by atoms with Crippen molar-refractivity contribution in [2.24, 2.45) is 4.99 Å². The van der Waals surface area contributed by atoms with Gasteiger partial charge in [-0.05, 0) is 48.9 Å². The minimum Gasteiger partial charge on any atom is -0.456 e. The molecule has 1 heterocycles. The van der Waals surface area contributed by atoms with E-state index in [1.165, 1.54) is 6.07 Å². The smallest absolute Gasteiger partial charge is 0.295 e. The molecule has 0 saturated carbocycles. The highest BCUT2D eigenvalue weighted by atomic mass is 35.5. The summed E-state index contributed by atoms with van der Waals surface area (Å²) in [7, 11) is -4.46. The Morgan fingerprint density at radius 1 is 0.879 bits per heavy atom. The van der Waals surface area contributed by atoms with Crippen LogP contribution in [0.4, 0.5) is 5.69 Å². The topological polar surface area (TPSA) is 79.9 Å². The van der Waals surface area contributed by atoms with Gasteiger partial charge in [0.1, 0.15) is 16.2 Å². The van der Waals surface area contributed by atoms with Crippen LogP contribution >= 0.6 is 11.6 Å². The fraction of sp³-hybridized carbons (Fsp3) is 0.0385. The van der Waals surface area contributed by atoms with Gasteiger partial charge in [0.2, 0.25) is 0 Å². The minimum absolute atomic E-state index is 0.178. The van der Waals surface area contributed by atoms with Crippen LogP contribution in [-0.4, -0.2) is 13.0 Å². The van der Waals surface area contributed by atoms with Crippen LogP contribution in [0.5, 0.6) is 0 Å². The van der Waals surface area contributed by atoms with Gasteiger partial charge in [-0.15, -0.1) is 0 Å². The highest BCUT2D eigenvalue weighted by Crippen LogP contribution is 2.42. The Balaban J connectivity index is 1.87. The third-order valence-corrected chi connectivity index (χ3v) is 6.61. The van der Waals surface area contributed by atoms with Gasteiger partial charge in [0, 0.05) is 39.2 Å². The minimum atomic E-state index is -4.46. The molecule has 0 fully saturated rings. The monoisotopic (exact) mass is 475 g/mol. The summed E-state index contributed by atoms with van der Waals surface area (Å²) in [6.07, 6.45) is 0. The highest BCUT2D eigenvalue weighted by Gasteiger charge is 2.23. The number of hydrogen-bond acceptors (Lipinski definition) is 4. The lowest BCUT2D eigenvalue weighted by atomic mass is 9.93. The summed E-state index contributed by atoms with van der Waals surface area (Å²) >= 11 is 6.21. The van der Waals surface area contributed by atoms with Crippen molar-refractivity contribution in [3.63, 3.8) is 0 Å². The van der Waals surface area contributed by atoms with Crippen molar-refractivity contribution in [2.45, 2.75) is 11.8 Å². The molecule has 1 aliphatic carbocycles. The van der Waals surface area contributed by atoms with Gasteiger partial charge in [-0.2, -0.15) is 8.42 Å². The normalized spacial score (nSPS) is 12.5. The van der Waals surface area contributed by atoms with Gasteiger partial charge >= 0.3 is 0 Å². The first-order valence-corrected chi connectivity index (χ1v) is 12.0. The van der Waals surface area contributed by atoms with Gasteiger partial charge in [0.05, 0.1) is 11.0 Å². The number of halogens is 1. The fourth-order valence-corrected chi connectivity index (χ4v) is 4.80. The summed E-state index contributed by atoms with van der Waals surface area (Å²) in [4.78, 5) is 4.55. The molecular formula is C26H18ClNO4S. The molecule has 0 amide bonds.